The fourth-order valence-corrected chi connectivity index (χ4v) is 2.56. The lowest BCUT2D eigenvalue weighted by Crippen LogP contribution is -2.20. The molecule has 2 N–H and O–H groups in total. The molecule has 0 unspecified atom stereocenters. The Kier molecular flexibility index (Phi) is 3.19. The van der Waals surface area contributed by atoms with Gasteiger partial charge in [-0.05, 0) is 20.8 Å². The van der Waals surface area contributed by atoms with E-state index in [0.29, 0.717) is 5.82 Å². The molecule has 2 rings (SSSR count). The molecule has 0 saturated heterocycles. The van der Waals surface area contributed by atoms with Crippen LogP contribution in [0.15, 0.2) is 11.4 Å². The average molecular weight is 284 g/mol. The topological polar surface area (TPSA) is 109 Å². The molecule has 0 atom stereocenters. The zero-order chi connectivity index (χ0) is 14.4. The van der Waals surface area contributed by atoms with Gasteiger partial charge in [-0.1, -0.05) is 0 Å². The van der Waals surface area contributed by atoms with E-state index in [0.717, 1.165) is 11.3 Å². The second-order valence-electron chi connectivity index (χ2n) is 4.58. The Bertz CT molecular complexity index is 712. The molecule has 0 aliphatic heterocycles. The second-order valence-corrected chi connectivity index (χ2v) is 6.04. The van der Waals surface area contributed by atoms with Crippen molar-refractivity contribution < 1.29 is 8.42 Å². The molecule has 19 heavy (non-hydrogen) atoms. The number of nitrogens with two attached hydrogens (primary N) is 1. The standard InChI is InChI=1S/C10H16N6O2S/c1-6(2)16-9(8-5-12-15(4)7(8)3)13-14-10(16)19(11,17)18/h5-6H,1-4H3,(H2,11,17,18). The van der Waals surface area contributed by atoms with Crippen LogP contribution in [0.2, 0.25) is 0 Å². The molecular formula is C10H16N6O2S. The number of nitrogens with zero attached hydrogens (tertiary/aromatic N) is 5. The smallest absolute Gasteiger partial charge is 0.273 e. The number of primary sulfonamides is 1. The van der Waals surface area contributed by atoms with Crippen molar-refractivity contribution in [1.82, 2.24) is 24.5 Å². The van der Waals surface area contributed by atoms with Crippen LogP contribution in [0, 0.1) is 6.92 Å². The van der Waals surface area contributed by atoms with Crippen LogP contribution in [0.1, 0.15) is 25.6 Å². The molecule has 0 spiro atoms. The lowest BCUT2D eigenvalue weighted by atomic mass is 10.2. The van der Waals surface area contributed by atoms with Gasteiger partial charge in [0, 0.05) is 18.8 Å². The fourth-order valence-electron chi connectivity index (χ4n) is 1.84. The quantitative estimate of drug-likeness (QED) is 0.867. The molecule has 0 bridgehead atoms. The first-order valence-electron chi connectivity index (χ1n) is 5.70. The van der Waals surface area contributed by atoms with E-state index in [9.17, 15) is 8.42 Å². The maximum absolute atomic E-state index is 11.5. The number of rotatable bonds is 3. The van der Waals surface area contributed by atoms with Crippen LogP contribution >= 0.6 is 0 Å². The van der Waals surface area contributed by atoms with E-state index < -0.39 is 10.0 Å². The van der Waals surface area contributed by atoms with E-state index in [-0.39, 0.29) is 11.2 Å². The Morgan fingerprint density at radius 2 is 1.95 bits per heavy atom. The lowest BCUT2D eigenvalue weighted by Gasteiger charge is -2.12. The first-order valence-corrected chi connectivity index (χ1v) is 7.24. The van der Waals surface area contributed by atoms with Gasteiger partial charge in [0.2, 0.25) is 0 Å². The molecule has 0 fully saturated rings. The zero-order valence-corrected chi connectivity index (χ0v) is 12.0. The molecule has 9 heteroatoms. The largest absolute Gasteiger partial charge is 0.294 e. The van der Waals surface area contributed by atoms with Crippen LogP contribution in [0.3, 0.4) is 0 Å². The SMILES string of the molecule is Cc1c(-c2nnc(S(N)(=O)=O)n2C(C)C)cnn1C. The molecule has 2 aromatic rings. The van der Waals surface area contributed by atoms with Crippen LogP contribution in [0.5, 0.6) is 0 Å². The lowest BCUT2D eigenvalue weighted by molar-refractivity contribution is 0.524. The van der Waals surface area contributed by atoms with Crippen molar-refractivity contribution >= 4 is 10.0 Å². The van der Waals surface area contributed by atoms with Gasteiger partial charge in [0.05, 0.1) is 11.8 Å². The molecule has 0 amide bonds. The van der Waals surface area contributed by atoms with Gasteiger partial charge in [-0.25, -0.2) is 13.6 Å². The van der Waals surface area contributed by atoms with Crippen LogP contribution < -0.4 is 5.14 Å². The number of aromatic nitrogens is 5. The van der Waals surface area contributed by atoms with Crippen molar-refractivity contribution in [3.8, 4) is 11.4 Å². The van der Waals surface area contributed by atoms with Gasteiger partial charge in [0.15, 0.2) is 5.82 Å². The highest BCUT2D eigenvalue weighted by molar-refractivity contribution is 7.89. The Morgan fingerprint density at radius 3 is 2.37 bits per heavy atom. The highest BCUT2D eigenvalue weighted by Gasteiger charge is 2.25. The van der Waals surface area contributed by atoms with Gasteiger partial charge < -0.3 is 0 Å². The van der Waals surface area contributed by atoms with Gasteiger partial charge in [-0.3, -0.25) is 9.25 Å². The van der Waals surface area contributed by atoms with E-state index >= 15 is 0 Å². The Morgan fingerprint density at radius 1 is 1.32 bits per heavy atom. The molecule has 2 aromatic heterocycles. The minimum Gasteiger partial charge on any atom is -0.294 e. The van der Waals surface area contributed by atoms with Crippen molar-refractivity contribution in [1.29, 1.82) is 0 Å². The number of aryl methyl sites for hydroxylation is 1. The summed E-state index contributed by atoms with van der Waals surface area (Å²) in [5.74, 6) is 0.449. The van der Waals surface area contributed by atoms with Gasteiger partial charge in [0.1, 0.15) is 0 Å². The van der Waals surface area contributed by atoms with Crippen molar-refractivity contribution in [3.63, 3.8) is 0 Å². The summed E-state index contributed by atoms with van der Waals surface area (Å²) < 4.78 is 26.2. The number of hydrogen-bond acceptors (Lipinski definition) is 5. The van der Waals surface area contributed by atoms with Crippen molar-refractivity contribution in [2.24, 2.45) is 12.2 Å². The highest BCUT2D eigenvalue weighted by atomic mass is 32.2. The summed E-state index contributed by atoms with van der Waals surface area (Å²) in [6.07, 6.45) is 1.63. The summed E-state index contributed by atoms with van der Waals surface area (Å²) in [6, 6.07) is -0.141. The van der Waals surface area contributed by atoms with E-state index in [1.54, 1.807) is 17.9 Å². The summed E-state index contributed by atoms with van der Waals surface area (Å²) in [4.78, 5) is 0. The van der Waals surface area contributed by atoms with Gasteiger partial charge in [0.25, 0.3) is 15.2 Å². The predicted molar refractivity (Wildman–Crippen MR) is 68.7 cm³/mol. The molecule has 0 saturated carbocycles. The van der Waals surface area contributed by atoms with Crippen molar-refractivity contribution in [3.05, 3.63) is 11.9 Å². The van der Waals surface area contributed by atoms with E-state index in [1.807, 2.05) is 20.8 Å². The summed E-state index contributed by atoms with van der Waals surface area (Å²) in [7, 11) is -2.11. The van der Waals surface area contributed by atoms with Crippen LogP contribution in [0.25, 0.3) is 11.4 Å². The molecule has 0 aromatic carbocycles. The minimum atomic E-state index is -3.91. The minimum absolute atomic E-state index is 0.141. The summed E-state index contributed by atoms with van der Waals surface area (Å²) >= 11 is 0. The first-order chi connectivity index (χ1) is 8.73. The number of hydrogen-bond donors (Lipinski definition) is 1. The Labute approximate surface area is 111 Å². The molecule has 0 aliphatic rings. The van der Waals surface area contributed by atoms with Gasteiger partial charge >= 0.3 is 0 Å². The maximum atomic E-state index is 11.5. The maximum Gasteiger partial charge on any atom is 0.273 e. The third-order valence-electron chi connectivity index (χ3n) is 2.91. The molecule has 0 aliphatic carbocycles. The summed E-state index contributed by atoms with van der Waals surface area (Å²) in [5.41, 5.74) is 1.61. The van der Waals surface area contributed by atoms with Gasteiger partial charge in [-0.2, -0.15) is 5.10 Å². The molecule has 104 valence electrons. The third-order valence-corrected chi connectivity index (χ3v) is 3.70. The zero-order valence-electron chi connectivity index (χ0n) is 11.2. The molecular weight excluding hydrogens is 268 g/mol. The third kappa shape index (κ3) is 2.26. The normalized spacial score (nSPS) is 12.3. The van der Waals surface area contributed by atoms with Crippen LogP contribution in [-0.4, -0.2) is 33.0 Å². The molecule has 0 radical (unpaired) electrons. The van der Waals surface area contributed by atoms with Crippen molar-refractivity contribution in [2.75, 3.05) is 0 Å². The highest BCUT2D eigenvalue weighted by Crippen LogP contribution is 2.26. The predicted octanol–water partition coefficient (Wildman–Crippen LogP) is 0.215. The average Bonchev–Trinajstić information content (AvgIpc) is 2.83. The van der Waals surface area contributed by atoms with E-state index in [4.69, 9.17) is 5.14 Å². The van der Waals surface area contributed by atoms with Gasteiger partial charge in [-0.15, -0.1) is 10.2 Å². The molecule has 2 heterocycles. The van der Waals surface area contributed by atoms with Crippen LogP contribution in [-0.2, 0) is 17.1 Å². The van der Waals surface area contributed by atoms with Crippen molar-refractivity contribution in [2.45, 2.75) is 32.0 Å². The molecule has 8 nitrogen and oxygen atoms in total. The monoisotopic (exact) mass is 284 g/mol. The van der Waals surface area contributed by atoms with Crippen LogP contribution in [0.4, 0.5) is 0 Å². The number of sulfonamides is 1. The Hall–Kier alpha value is -1.74. The first kappa shape index (κ1) is 13.7. The Balaban J connectivity index is 2.73. The van der Waals surface area contributed by atoms with E-state index in [2.05, 4.69) is 15.3 Å². The summed E-state index contributed by atoms with van der Waals surface area (Å²) in [5, 5.41) is 16.7. The van der Waals surface area contributed by atoms with E-state index in [1.165, 1.54) is 4.57 Å². The fraction of sp³-hybridized carbons (Fsp3) is 0.500. The second kappa shape index (κ2) is 4.42. The summed E-state index contributed by atoms with van der Waals surface area (Å²) in [6.45, 7) is 5.55.